The lowest BCUT2D eigenvalue weighted by atomic mass is 10.0. The Bertz CT molecular complexity index is 781. The average molecular weight is 463 g/mol. The third-order valence-electron chi connectivity index (χ3n) is 4.19. The van der Waals surface area contributed by atoms with Crippen molar-refractivity contribution in [3.05, 3.63) is 71.8 Å². The number of alkyl halides is 1. The number of amides is 2. The van der Waals surface area contributed by atoms with Gasteiger partial charge in [0.15, 0.2) is 0 Å². The second-order valence-electron chi connectivity index (χ2n) is 6.18. The van der Waals surface area contributed by atoms with E-state index in [0.717, 1.165) is 16.2 Å². The van der Waals surface area contributed by atoms with Crippen molar-refractivity contribution < 1.29 is 28.7 Å². The molecular formula is C20H19BrN2O6. The fraction of sp³-hybridized carbons (Fsp3) is 0.250. The van der Waals surface area contributed by atoms with Crippen molar-refractivity contribution in [1.82, 2.24) is 10.4 Å². The van der Waals surface area contributed by atoms with Crippen LogP contribution in [0.1, 0.15) is 11.1 Å². The summed E-state index contributed by atoms with van der Waals surface area (Å²) in [7, 11) is 0. The number of rotatable bonds is 7. The van der Waals surface area contributed by atoms with Gasteiger partial charge in [0, 0.05) is 5.33 Å². The standard InChI is InChI=1S/C20H19BrN2O6/c21-11-16-17(22-19(25)27-12-14-7-3-1-4-8-14)18(24)23(16)29-20(26)28-13-15-9-5-2-6-10-15/h1-10,16-17H,11-13H2,(H,22,25). The normalized spacial score (nSPS) is 17.8. The van der Waals surface area contributed by atoms with E-state index in [-0.39, 0.29) is 18.5 Å². The molecule has 0 spiro atoms. The molecule has 29 heavy (non-hydrogen) atoms. The minimum Gasteiger partial charge on any atom is -0.445 e. The molecule has 0 saturated carbocycles. The van der Waals surface area contributed by atoms with Crippen LogP contribution in [0.5, 0.6) is 0 Å². The highest BCUT2D eigenvalue weighted by molar-refractivity contribution is 9.09. The van der Waals surface area contributed by atoms with Gasteiger partial charge in [-0.1, -0.05) is 76.6 Å². The summed E-state index contributed by atoms with van der Waals surface area (Å²) in [6, 6.07) is 16.8. The Hall–Kier alpha value is -3.07. The van der Waals surface area contributed by atoms with Gasteiger partial charge in [-0.2, -0.15) is 5.06 Å². The number of hydrogen-bond donors (Lipinski definition) is 1. The first-order valence-electron chi connectivity index (χ1n) is 8.83. The van der Waals surface area contributed by atoms with Gasteiger partial charge < -0.3 is 19.6 Å². The van der Waals surface area contributed by atoms with Crippen LogP contribution in [0, 0.1) is 0 Å². The summed E-state index contributed by atoms with van der Waals surface area (Å²) in [4.78, 5) is 41.0. The molecule has 9 heteroatoms. The van der Waals surface area contributed by atoms with E-state index in [4.69, 9.17) is 14.3 Å². The van der Waals surface area contributed by atoms with Crippen LogP contribution in [-0.2, 0) is 32.3 Å². The molecule has 0 bridgehead atoms. The summed E-state index contributed by atoms with van der Waals surface area (Å²) >= 11 is 3.25. The fourth-order valence-corrected chi connectivity index (χ4v) is 3.29. The van der Waals surface area contributed by atoms with Gasteiger partial charge >= 0.3 is 12.2 Å². The van der Waals surface area contributed by atoms with Crippen molar-refractivity contribution in [2.75, 3.05) is 5.33 Å². The number of hydrogen-bond acceptors (Lipinski definition) is 6. The number of hydroxylamine groups is 2. The Kier molecular flexibility index (Phi) is 7.07. The first kappa shape index (κ1) is 20.7. The topological polar surface area (TPSA) is 94.2 Å². The maximum absolute atomic E-state index is 12.3. The zero-order chi connectivity index (χ0) is 20.6. The van der Waals surface area contributed by atoms with Gasteiger partial charge in [-0.3, -0.25) is 4.79 Å². The number of ether oxygens (including phenoxy) is 2. The Labute approximate surface area is 175 Å². The molecule has 2 unspecified atom stereocenters. The predicted molar refractivity (Wildman–Crippen MR) is 106 cm³/mol. The van der Waals surface area contributed by atoms with Crippen molar-refractivity contribution in [2.24, 2.45) is 0 Å². The number of nitrogens with zero attached hydrogens (tertiary/aromatic N) is 1. The van der Waals surface area contributed by atoms with Crippen LogP contribution in [0.15, 0.2) is 60.7 Å². The van der Waals surface area contributed by atoms with E-state index >= 15 is 0 Å². The van der Waals surface area contributed by atoms with Crippen LogP contribution in [0.25, 0.3) is 0 Å². The lowest BCUT2D eigenvalue weighted by Gasteiger charge is -2.42. The van der Waals surface area contributed by atoms with Crippen molar-refractivity contribution >= 4 is 34.1 Å². The van der Waals surface area contributed by atoms with E-state index in [0.29, 0.717) is 0 Å². The second-order valence-corrected chi connectivity index (χ2v) is 6.83. The Morgan fingerprint density at radius 3 is 2.03 bits per heavy atom. The SMILES string of the molecule is O=C(NC1C(=O)N(OC(=O)OCc2ccccc2)C1CBr)OCc1ccccc1. The summed E-state index contributed by atoms with van der Waals surface area (Å²) in [6.07, 6.45) is -1.73. The van der Waals surface area contributed by atoms with Crippen molar-refractivity contribution in [3.63, 3.8) is 0 Å². The Balaban J connectivity index is 1.44. The van der Waals surface area contributed by atoms with Gasteiger partial charge in [0.05, 0.1) is 0 Å². The molecule has 1 heterocycles. The van der Waals surface area contributed by atoms with Gasteiger partial charge in [-0.15, -0.1) is 0 Å². The number of nitrogens with one attached hydrogen (secondary N) is 1. The van der Waals surface area contributed by atoms with Crippen LogP contribution in [0.2, 0.25) is 0 Å². The number of benzene rings is 2. The molecule has 1 N–H and O–H groups in total. The molecule has 1 aliphatic heterocycles. The van der Waals surface area contributed by atoms with Crippen LogP contribution in [0.3, 0.4) is 0 Å². The highest BCUT2D eigenvalue weighted by Gasteiger charge is 2.51. The van der Waals surface area contributed by atoms with E-state index in [1.165, 1.54) is 0 Å². The zero-order valence-electron chi connectivity index (χ0n) is 15.3. The van der Waals surface area contributed by atoms with E-state index in [9.17, 15) is 14.4 Å². The smallest absolute Gasteiger partial charge is 0.445 e. The van der Waals surface area contributed by atoms with Gasteiger partial charge in [-0.25, -0.2) is 9.59 Å². The van der Waals surface area contributed by atoms with E-state index < -0.39 is 30.2 Å². The number of alkyl carbamates (subject to hydrolysis) is 1. The molecule has 2 amide bonds. The Morgan fingerprint density at radius 2 is 1.48 bits per heavy atom. The molecule has 1 fully saturated rings. The van der Waals surface area contributed by atoms with E-state index in [1.807, 2.05) is 48.5 Å². The van der Waals surface area contributed by atoms with Gasteiger partial charge in [-0.05, 0) is 11.1 Å². The number of carbonyl (C=O) groups excluding carboxylic acids is 3. The third kappa shape index (κ3) is 5.47. The lowest BCUT2D eigenvalue weighted by molar-refractivity contribution is -0.213. The molecule has 1 saturated heterocycles. The number of halogens is 1. The minimum absolute atomic E-state index is 0.0220. The van der Waals surface area contributed by atoms with Crippen molar-refractivity contribution in [2.45, 2.75) is 25.3 Å². The molecule has 1 aliphatic rings. The van der Waals surface area contributed by atoms with Crippen LogP contribution in [0.4, 0.5) is 9.59 Å². The summed E-state index contributed by atoms with van der Waals surface area (Å²) in [5.41, 5.74) is 1.61. The number of β-lactam (4-membered cyclic amide) rings is 1. The molecular weight excluding hydrogens is 444 g/mol. The summed E-state index contributed by atoms with van der Waals surface area (Å²) < 4.78 is 10.1. The van der Waals surface area contributed by atoms with Crippen LogP contribution < -0.4 is 5.32 Å². The first-order valence-corrected chi connectivity index (χ1v) is 9.95. The minimum atomic E-state index is -1.00. The number of carbonyl (C=O) groups is 3. The summed E-state index contributed by atoms with van der Waals surface area (Å²) in [6.45, 7) is 0.104. The predicted octanol–water partition coefficient (Wildman–Crippen LogP) is 3.16. The van der Waals surface area contributed by atoms with Gasteiger partial charge in [0.2, 0.25) is 0 Å². The highest BCUT2D eigenvalue weighted by Crippen LogP contribution is 2.23. The van der Waals surface area contributed by atoms with Gasteiger partial charge in [0.1, 0.15) is 25.3 Å². The quantitative estimate of drug-likeness (QED) is 0.385. The maximum Gasteiger partial charge on any atom is 0.533 e. The molecule has 2 aromatic rings. The molecule has 2 aromatic carbocycles. The third-order valence-corrected chi connectivity index (χ3v) is 4.85. The van der Waals surface area contributed by atoms with E-state index in [2.05, 4.69) is 21.2 Å². The Morgan fingerprint density at radius 1 is 0.931 bits per heavy atom. The van der Waals surface area contributed by atoms with Crippen LogP contribution in [-0.4, -0.2) is 40.6 Å². The molecule has 0 aliphatic carbocycles. The van der Waals surface area contributed by atoms with E-state index in [1.54, 1.807) is 12.1 Å². The maximum atomic E-state index is 12.3. The van der Waals surface area contributed by atoms with Gasteiger partial charge in [0.25, 0.3) is 5.91 Å². The summed E-state index contributed by atoms with van der Waals surface area (Å²) in [5.74, 6) is -0.567. The molecule has 8 nitrogen and oxygen atoms in total. The van der Waals surface area contributed by atoms with Crippen molar-refractivity contribution in [1.29, 1.82) is 0 Å². The zero-order valence-corrected chi connectivity index (χ0v) is 16.9. The highest BCUT2D eigenvalue weighted by atomic mass is 79.9. The van der Waals surface area contributed by atoms with Crippen LogP contribution >= 0.6 is 15.9 Å². The molecule has 152 valence electrons. The molecule has 2 atom stereocenters. The molecule has 0 aromatic heterocycles. The average Bonchev–Trinajstić information content (AvgIpc) is 2.76. The molecule has 3 rings (SSSR count). The second kappa shape index (κ2) is 9.92. The monoisotopic (exact) mass is 462 g/mol. The lowest BCUT2D eigenvalue weighted by Crippen LogP contribution is -2.71. The largest absolute Gasteiger partial charge is 0.533 e. The van der Waals surface area contributed by atoms with Crippen molar-refractivity contribution in [3.8, 4) is 0 Å². The molecule has 0 radical (unpaired) electrons. The summed E-state index contributed by atoms with van der Waals surface area (Å²) in [5, 5.41) is 3.65. The first-order chi connectivity index (χ1) is 14.1. The fourth-order valence-electron chi connectivity index (χ4n) is 2.66.